The minimum Gasteiger partial charge on any atom is -0.496 e. The molecule has 27 heavy (non-hydrogen) atoms. The highest BCUT2D eigenvalue weighted by Gasteiger charge is 2.20. The fourth-order valence-corrected chi connectivity index (χ4v) is 2.77. The number of amides is 1. The van der Waals surface area contributed by atoms with Crippen molar-refractivity contribution in [2.45, 2.75) is 18.4 Å². The van der Waals surface area contributed by atoms with Gasteiger partial charge in [0.1, 0.15) is 22.8 Å². The number of nitrogens with two attached hydrogens (primary N) is 1. The third kappa shape index (κ3) is 5.31. The second kappa shape index (κ2) is 8.23. The van der Waals surface area contributed by atoms with Crippen molar-refractivity contribution in [1.29, 1.82) is 0 Å². The van der Waals surface area contributed by atoms with E-state index in [2.05, 4.69) is 0 Å². The van der Waals surface area contributed by atoms with Crippen molar-refractivity contribution in [2.75, 3.05) is 20.8 Å². The van der Waals surface area contributed by atoms with Crippen LogP contribution in [0.25, 0.3) is 0 Å². The molecule has 1 aromatic heterocycles. The Kier molecular flexibility index (Phi) is 6.24. The SMILES string of the molecule is COc1ccc(S(N)(=O)=O)cc1C(=O)OCC(=O)N(C)Cc1ccc(C)o1. The lowest BCUT2D eigenvalue weighted by molar-refractivity contribution is -0.134. The van der Waals surface area contributed by atoms with Crippen molar-refractivity contribution in [3.05, 3.63) is 47.4 Å². The van der Waals surface area contributed by atoms with Gasteiger partial charge in [0.2, 0.25) is 10.0 Å². The van der Waals surface area contributed by atoms with Gasteiger partial charge < -0.3 is 18.8 Å². The number of carbonyl (C=O) groups is 2. The van der Waals surface area contributed by atoms with Gasteiger partial charge in [0.15, 0.2) is 6.61 Å². The van der Waals surface area contributed by atoms with Gasteiger partial charge in [-0.25, -0.2) is 18.4 Å². The molecule has 1 amide bonds. The van der Waals surface area contributed by atoms with Crippen molar-refractivity contribution in [2.24, 2.45) is 5.14 Å². The largest absolute Gasteiger partial charge is 0.496 e. The minimum absolute atomic E-state index is 0.0965. The van der Waals surface area contributed by atoms with E-state index >= 15 is 0 Å². The van der Waals surface area contributed by atoms with E-state index in [0.717, 1.165) is 11.8 Å². The highest BCUT2D eigenvalue weighted by Crippen LogP contribution is 2.22. The summed E-state index contributed by atoms with van der Waals surface area (Å²) < 4.78 is 38.3. The molecule has 0 aliphatic heterocycles. The van der Waals surface area contributed by atoms with Crippen LogP contribution in [0.5, 0.6) is 5.75 Å². The minimum atomic E-state index is -4.01. The Labute approximate surface area is 156 Å². The summed E-state index contributed by atoms with van der Waals surface area (Å²) in [5, 5.41) is 5.06. The topological polar surface area (TPSA) is 129 Å². The Balaban J connectivity index is 2.05. The van der Waals surface area contributed by atoms with Crippen molar-refractivity contribution in [3.8, 4) is 5.75 Å². The zero-order chi connectivity index (χ0) is 20.2. The molecule has 0 saturated heterocycles. The van der Waals surface area contributed by atoms with Crippen LogP contribution in [0, 0.1) is 6.92 Å². The standard InChI is InChI=1S/C17H20N2O7S/c1-11-4-5-12(26-11)9-19(2)16(20)10-25-17(21)14-8-13(27(18,22)23)6-7-15(14)24-3/h4-8H,9-10H2,1-3H3,(H2,18,22,23). The van der Waals surface area contributed by atoms with Crippen LogP contribution in [-0.4, -0.2) is 46.0 Å². The molecule has 0 bridgehead atoms. The van der Waals surface area contributed by atoms with Crippen LogP contribution in [0.3, 0.4) is 0 Å². The van der Waals surface area contributed by atoms with Gasteiger partial charge >= 0.3 is 5.97 Å². The van der Waals surface area contributed by atoms with Gasteiger partial charge in [-0.3, -0.25) is 4.79 Å². The summed E-state index contributed by atoms with van der Waals surface area (Å²) in [6.07, 6.45) is 0. The van der Waals surface area contributed by atoms with Gasteiger partial charge in [-0.1, -0.05) is 0 Å². The molecule has 0 aliphatic rings. The van der Waals surface area contributed by atoms with Crippen molar-refractivity contribution >= 4 is 21.9 Å². The van der Waals surface area contributed by atoms with Gasteiger partial charge in [0.05, 0.1) is 18.6 Å². The predicted molar refractivity (Wildman–Crippen MR) is 94.6 cm³/mol. The van der Waals surface area contributed by atoms with E-state index in [1.54, 1.807) is 19.1 Å². The summed E-state index contributed by atoms with van der Waals surface area (Å²) >= 11 is 0. The summed E-state index contributed by atoms with van der Waals surface area (Å²) in [6.45, 7) is 1.47. The molecule has 9 nitrogen and oxygen atoms in total. The summed E-state index contributed by atoms with van der Waals surface area (Å²) in [7, 11) is -1.16. The van der Waals surface area contributed by atoms with Crippen LogP contribution >= 0.6 is 0 Å². The summed E-state index contributed by atoms with van der Waals surface area (Å²) in [5.74, 6) is 0.0440. The lowest BCUT2D eigenvalue weighted by atomic mass is 10.2. The summed E-state index contributed by atoms with van der Waals surface area (Å²) in [5.41, 5.74) is -0.152. The van der Waals surface area contributed by atoms with Gasteiger partial charge in [0.25, 0.3) is 5.91 Å². The third-order valence-corrected chi connectivity index (χ3v) is 4.57. The quantitative estimate of drug-likeness (QED) is 0.693. The Morgan fingerprint density at radius 3 is 2.48 bits per heavy atom. The van der Waals surface area contributed by atoms with Crippen LogP contribution in [0.4, 0.5) is 0 Å². The van der Waals surface area contributed by atoms with Gasteiger partial charge in [-0.2, -0.15) is 0 Å². The molecule has 2 rings (SSSR count). The molecule has 10 heteroatoms. The highest BCUT2D eigenvalue weighted by atomic mass is 32.2. The fraction of sp³-hybridized carbons (Fsp3) is 0.294. The van der Waals surface area contributed by atoms with Crippen LogP contribution < -0.4 is 9.88 Å². The summed E-state index contributed by atoms with van der Waals surface area (Å²) in [4.78, 5) is 25.5. The lowest BCUT2D eigenvalue weighted by Gasteiger charge is -2.16. The maximum atomic E-state index is 12.3. The molecule has 146 valence electrons. The lowest BCUT2D eigenvalue weighted by Crippen LogP contribution is -2.30. The smallest absolute Gasteiger partial charge is 0.342 e. The van der Waals surface area contributed by atoms with E-state index in [0.29, 0.717) is 5.76 Å². The van der Waals surface area contributed by atoms with E-state index in [4.69, 9.17) is 19.0 Å². The van der Waals surface area contributed by atoms with E-state index in [-0.39, 0.29) is 22.8 Å². The molecule has 0 fully saturated rings. The van der Waals surface area contributed by atoms with Crippen LogP contribution in [0.2, 0.25) is 0 Å². The van der Waals surface area contributed by atoms with Crippen molar-refractivity contribution in [1.82, 2.24) is 4.90 Å². The normalized spacial score (nSPS) is 11.1. The molecule has 2 aromatic rings. The van der Waals surface area contributed by atoms with Crippen molar-refractivity contribution < 1.29 is 31.9 Å². The number of hydrogen-bond acceptors (Lipinski definition) is 7. The van der Waals surface area contributed by atoms with Gasteiger partial charge in [0, 0.05) is 7.05 Å². The first kappa shape index (κ1) is 20.5. The Morgan fingerprint density at radius 2 is 1.93 bits per heavy atom. The molecule has 0 saturated carbocycles. The number of esters is 1. The second-order valence-corrected chi connectivity index (χ2v) is 7.31. The number of methoxy groups -OCH3 is 1. The van der Waals surface area contributed by atoms with E-state index in [1.807, 2.05) is 0 Å². The average molecular weight is 396 g/mol. The molecule has 2 N–H and O–H groups in total. The van der Waals surface area contributed by atoms with Gasteiger partial charge in [-0.15, -0.1) is 0 Å². The summed E-state index contributed by atoms with van der Waals surface area (Å²) in [6, 6.07) is 7.04. The second-order valence-electron chi connectivity index (χ2n) is 5.75. The number of likely N-dealkylation sites (N-methyl/N-ethyl adjacent to an activating group) is 1. The number of carbonyl (C=O) groups excluding carboxylic acids is 2. The zero-order valence-electron chi connectivity index (χ0n) is 15.1. The predicted octanol–water partition coefficient (Wildman–Crippen LogP) is 1.06. The van der Waals surface area contributed by atoms with Crippen LogP contribution in [0.1, 0.15) is 21.9 Å². The third-order valence-electron chi connectivity index (χ3n) is 3.66. The molecule has 0 radical (unpaired) electrons. The number of hydrogen-bond donors (Lipinski definition) is 1. The van der Waals surface area contributed by atoms with Crippen LogP contribution in [0.15, 0.2) is 39.6 Å². The number of nitrogens with zero attached hydrogens (tertiary/aromatic N) is 1. The first-order valence-electron chi connectivity index (χ1n) is 7.79. The molecule has 0 spiro atoms. The van der Waals surface area contributed by atoms with E-state index in [1.165, 1.54) is 31.2 Å². The number of sulfonamides is 1. The number of benzene rings is 1. The fourth-order valence-electron chi connectivity index (χ4n) is 2.23. The number of ether oxygens (including phenoxy) is 2. The zero-order valence-corrected chi connectivity index (χ0v) is 15.9. The Morgan fingerprint density at radius 1 is 1.22 bits per heavy atom. The van der Waals surface area contributed by atoms with Crippen molar-refractivity contribution in [3.63, 3.8) is 0 Å². The number of rotatable bonds is 7. The number of primary sulfonamides is 1. The first-order valence-corrected chi connectivity index (χ1v) is 9.33. The maximum absolute atomic E-state index is 12.3. The first-order chi connectivity index (χ1) is 12.6. The Hall–Kier alpha value is -2.85. The molecular weight excluding hydrogens is 376 g/mol. The average Bonchev–Trinajstić information content (AvgIpc) is 3.02. The van der Waals surface area contributed by atoms with Gasteiger partial charge in [-0.05, 0) is 37.3 Å². The van der Waals surface area contributed by atoms with Crippen LogP contribution in [-0.2, 0) is 26.1 Å². The number of aryl methyl sites for hydroxylation is 1. The molecule has 1 heterocycles. The molecule has 0 atom stereocenters. The molecule has 0 unspecified atom stereocenters. The monoisotopic (exact) mass is 396 g/mol. The Bertz CT molecular complexity index is 950. The molecule has 0 aliphatic carbocycles. The van der Waals surface area contributed by atoms with E-state index in [9.17, 15) is 18.0 Å². The molecular formula is C17H20N2O7S. The van der Waals surface area contributed by atoms with E-state index < -0.39 is 28.5 Å². The number of furan rings is 1. The maximum Gasteiger partial charge on any atom is 0.342 e. The highest BCUT2D eigenvalue weighted by molar-refractivity contribution is 7.89. The molecule has 1 aromatic carbocycles.